The van der Waals surface area contributed by atoms with Crippen LogP contribution in [-0.2, 0) is 17.8 Å². The zero-order chi connectivity index (χ0) is 24.5. The molecule has 1 aliphatic rings. The van der Waals surface area contributed by atoms with Crippen molar-refractivity contribution in [1.82, 2.24) is 9.55 Å². The summed E-state index contributed by atoms with van der Waals surface area (Å²) >= 11 is 0. The van der Waals surface area contributed by atoms with Crippen LogP contribution in [0.15, 0.2) is 54.6 Å². The maximum atomic E-state index is 11.1. The number of fused-ring (bicyclic) bond motifs is 2. The van der Waals surface area contributed by atoms with Crippen molar-refractivity contribution in [3.05, 3.63) is 77.1 Å². The maximum absolute atomic E-state index is 11.1. The Morgan fingerprint density at radius 1 is 1.23 bits per heavy atom. The minimum atomic E-state index is -0.806. The normalized spacial score (nSPS) is 14.5. The van der Waals surface area contributed by atoms with Crippen LogP contribution in [0.3, 0.4) is 0 Å². The van der Waals surface area contributed by atoms with E-state index in [2.05, 4.69) is 48.0 Å². The highest BCUT2D eigenvalue weighted by Gasteiger charge is 2.26. The number of aliphatic carboxylic acids is 1. The minimum absolute atomic E-state index is 0.0845. The molecule has 0 aliphatic carbocycles. The zero-order valence-electron chi connectivity index (χ0n) is 20.2. The molecule has 7 nitrogen and oxygen atoms in total. The number of hydrogen-bond acceptors (Lipinski definition) is 5. The first-order chi connectivity index (χ1) is 17.0. The predicted molar refractivity (Wildman–Crippen MR) is 136 cm³/mol. The van der Waals surface area contributed by atoms with E-state index in [4.69, 9.17) is 19.6 Å². The van der Waals surface area contributed by atoms with Crippen LogP contribution in [0.2, 0.25) is 0 Å². The molecule has 7 heteroatoms. The van der Waals surface area contributed by atoms with E-state index in [1.807, 2.05) is 30.3 Å². The molecule has 5 rings (SSSR count). The third kappa shape index (κ3) is 4.30. The van der Waals surface area contributed by atoms with Crippen molar-refractivity contribution < 1.29 is 19.4 Å². The largest absolute Gasteiger partial charge is 0.497 e. The molecule has 0 saturated carbocycles. The second-order valence-corrected chi connectivity index (χ2v) is 8.84. The van der Waals surface area contributed by atoms with Crippen LogP contribution in [0.25, 0.3) is 16.7 Å². The number of ether oxygens (including phenoxy) is 2. The Hall–Kier alpha value is -4.00. The molecule has 0 spiro atoms. The molecule has 0 bridgehead atoms. The van der Waals surface area contributed by atoms with E-state index < -0.39 is 5.97 Å². The average molecular weight is 472 g/mol. The number of hydrogen-bond donors (Lipinski definition) is 2. The Morgan fingerprint density at radius 2 is 2.09 bits per heavy atom. The third-order valence-corrected chi connectivity index (χ3v) is 6.70. The smallest absolute Gasteiger partial charge is 0.304 e. The van der Waals surface area contributed by atoms with E-state index in [-0.39, 0.29) is 12.3 Å². The quantitative estimate of drug-likeness (QED) is 0.355. The molecular weight excluding hydrogens is 442 g/mol. The molecule has 0 radical (unpaired) electrons. The van der Waals surface area contributed by atoms with E-state index in [0.717, 1.165) is 51.7 Å². The highest BCUT2D eigenvalue weighted by Crippen LogP contribution is 2.38. The number of benzene rings is 3. The van der Waals surface area contributed by atoms with Gasteiger partial charge in [-0.2, -0.15) is 0 Å². The molecule has 1 atom stereocenters. The first-order valence-corrected chi connectivity index (χ1v) is 11.8. The number of rotatable bonds is 8. The molecule has 1 aliphatic heterocycles. The number of imidazole rings is 1. The molecule has 1 unspecified atom stereocenters. The summed E-state index contributed by atoms with van der Waals surface area (Å²) in [6.07, 6.45) is 0.901. The summed E-state index contributed by atoms with van der Waals surface area (Å²) in [4.78, 5) is 16.0. The van der Waals surface area contributed by atoms with Gasteiger partial charge in [0.1, 0.15) is 17.3 Å². The van der Waals surface area contributed by atoms with Crippen LogP contribution in [0.1, 0.15) is 41.8 Å². The van der Waals surface area contributed by atoms with E-state index in [1.54, 1.807) is 7.11 Å². The van der Waals surface area contributed by atoms with Crippen molar-refractivity contribution >= 4 is 22.7 Å². The number of carboxylic acids is 1. The van der Waals surface area contributed by atoms with Gasteiger partial charge in [-0.05, 0) is 42.3 Å². The molecule has 3 aromatic carbocycles. The number of carboxylic acid groups (broad SMARTS) is 1. The van der Waals surface area contributed by atoms with Gasteiger partial charge in [0.2, 0.25) is 0 Å². The van der Waals surface area contributed by atoms with Gasteiger partial charge in [0.25, 0.3) is 0 Å². The topological polar surface area (TPSA) is 85.6 Å². The molecule has 0 amide bonds. The Labute approximate surface area is 204 Å². The van der Waals surface area contributed by atoms with Crippen molar-refractivity contribution in [2.24, 2.45) is 0 Å². The van der Waals surface area contributed by atoms with E-state index in [1.165, 1.54) is 11.1 Å². The van der Waals surface area contributed by atoms with E-state index >= 15 is 0 Å². The lowest BCUT2D eigenvalue weighted by atomic mass is 9.98. The average Bonchev–Trinajstić information content (AvgIpc) is 3.43. The fourth-order valence-electron chi connectivity index (χ4n) is 4.81. The third-order valence-electron chi connectivity index (χ3n) is 6.70. The number of aromatic nitrogens is 2. The summed E-state index contributed by atoms with van der Waals surface area (Å²) in [5.41, 5.74) is 7.37. The first-order valence-electron chi connectivity index (χ1n) is 11.8. The Morgan fingerprint density at radius 3 is 2.86 bits per heavy atom. The fourth-order valence-corrected chi connectivity index (χ4v) is 4.81. The minimum Gasteiger partial charge on any atom is -0.497 e. The van der Waals surface area contributed by atoms with Gasteiger partial charge in [-0.25, -0.2) is 4.98 Å². The standard InChI is InChI=1S/C28H29N3O4/c1-4-27-30-23-14-21(34-3)9-11-25(23)31(27)24-7-5-6-18(17(24)2)15-29-20-8-10-22-19(12-28(32)33)16-35-26(22)13-20/h5-11,13-14,19,29H,4,12,15-16H2,1-3H3,(H,32,33). The number of carbonyl (C=O) groups is 1. The van der Waals surface area contributed by atoms with Gasteiger partial charge in [-0.3, -0.25) is 9.36 Å². The highest BCUT2D eigenvalue weighted by atomic mass is 16.5. The Bertz CT molecular complexity index is 1410. The van der Waals surface area contributed by atoms with Crippen molar-refractivity contribution in [2.45, 2.75) is 39.2 Å². The second-order valence-electron chi connectivity index (χ2n) is 8.84. The lowest BCUT2D eigenvalue weighted by molar-refractivity contribution is -0.137. The van der Waals surface area contributed by atoms with Crippen molar-refractivity contribution in [3.8, 4) is 17.2 Å². The van der Waals surface area contributed by atoms with Crippen molar-refractivity contribution in [2.75, 3.05) is 19.0 Å². The molecular formula is C28H29N3O4. The molecule has 35 heavy (non-hydrogen) atoms. The highest BCUT2D eigenvalue weighted by molar-refractivity contribution is 5.80. The van der Waals surface area contributed by atoms with Crippen LogP contribution < -0.4 is 14.8 Å². The maximum Gasteiger partial charge on any atom is 0.304 e. The summed E-state index contributed by atoms with van der Waals surface area (Å²) in [5, 5.41) is 12.6. The SMILES string of the molecule is CCc1nc2cc(OC)ccc2n1-c1cccc(CNc2ccc3c(c2)OCC3CC(=O)O)c1C. The van der Waals surface area contributed by atoms with Crippen LogP contribution in [-0.4, -0.2) is 34.3 Å². The Kier molecular flexibility index (Phi) is 6.07. The van der Waals surface area contributed by atoms with Gasteiger partial charge in [-0.1, -0.05) is 25.1 Å². The molecule has 0 saturated heterocycles. The summed E-state index contributed by atoms with van der Waals surface area (Å²) < 4.78 is 13.4. The number of methoxy groups -OCH3 is 1. The van der Waals surface area contributed by atoms with Crippen molar-refractivity contribution in [1.29, 1.82) is 0 Å². The number of nitrogens with zero attached hydrogens (tertiary/aromatic N) is 2. The van der Waals surface area contributed by atoms with Crippen LogP contribution in [0.5, 0.6) is 11.5 Å². The molecule has 0 fully saturated rings. The van der Waals surface area contributed by atoms with Gasteiger partial charge in [0, 0.05) is 42.3 Å². The van der Waals surface area contributed by atoms with Crippen LogP contribution >= 0.6 is 0 Å². The molecule has 2 N–H and O–H groups in total. The van der Waals surface area contributed by atoms with Crippen LogP contribution in [0, 0.1) is 6.92 Å². The van der Waals surface area contributed by atoms with E-state index in [9.17, 15) is 4.79 Å². The predicted octanol–water partition coefficient (Wildman–Crippen LogP) is 5.47. The monoisotopic (exact) mass is 471 g/mol. The second kappa shape index (κ2) is 9.33. The molecule has 180 valence electrons. The van der Waals surface area contributed by atoms with Crippen molar-refractivity contribution in [3.63, 3.8) is 0 Å². The summed E-state index contributed by atoms with van der Waals surface area (Å²) in [6.45, 7) is 5.33. The fraction of sp³-hybridized carbons (Fsp3) is 0.286. The van der Waals surface area contributed by atoms with Gasteiger partial charge in [0.15, 0.2) is 0 Å². The van der Waals surface area contributed by atoms with Gasteiger partial charge >= 0.3 is 5.97 Å². The lowest BCUT2D eigenvalue weighted by Crippen LogP contribution is -2.07. The number of aryl methyl sites for hydroxylation is 1. The van der Waals surface area contributed by atoms with Gasteiger partial charge in [0.05, 0.1) is 36.9 Å². The summed E-state index contributed by atoms with van der Waals surface area (Å²) in [5.74, 6) is 1.67. The summed E-state index contributed by atoms with van der Waals surface area (Å²) in [7, 11) is 1.67. The van der Waals surface area contributed by atoms with E-state index in [0.29, 0.717) is 13.2 Å². The lowest BCUT2D eigenvalue weighted by Gasteiger charge is -2.16. The van der Waals surface area contributed by atoms with Crippen LogP contribution in [0.4, 0.5) is 5.69 Å². The summed E-state index contributed by atoms with van der Waals surface area (Å²) in [6, 6.07) is 18.3. The van der Waals surface area contributed by atoms with Gasteiger partial charge < -0.3 is 19.9 Å². The Balaban J connectivity index is 1.41. The molecule has 4 aromatic rings. The van der Waals surface area contributed by atoms with Gasteiger partial charge in [-0.15, -0.1) is 0 Å². The first kappa shape index (κ1) is 22.8. The molecule has 2 heterocycles. The number of anilines is 1. The number of nitrogens with one attached hydrogen (secondary N) is 1. The molecule has 1 aromatic heterocycles. The zero-order valence-corrected chi connectivity index (χ0v) is 20.2.